The zero-order chi connectivity index (χ0) is 22.5. The van der Waals surface area contributed by atoms with Crippen LogP contribution in [0.25, 0.3) is 10.8 Å². The largest absolute Gasteiger partial charge is 0.479 e. The number of halogens is 1. The molecular weight excluding hydrogens is 428 g/mol. The Bertz CT molecular complexity index is 1130. The van der Waals surface area contributed by atoms with Crippen molar-refractivity contribution in [1.29, 1.82) is 0 Å². The first-order chi connectivity index (χ1) is 13.8. The van der Waals surface area contributed by atoms with E-state index in [1.807, 2.05) is 0 Å². The zero-order valence-corrected chi connectivity index (χ0v) is 18.8. The molecule has 2 atom stereocenters. The normalized spacial score (nSPS) is 19.8. The van der Waals surface area contributed by atoms with Crippen LogP contribution in [0, 0.1) is 5.41 Å². The first kappa shape index (κ1) is 22.5. The van der Waals surface area contributed by atoms with Gasteiger partial charge in [-0.2, -0.15) is 4.72 Å². The van der Waals surface area contributed by atoms with E-state index in [1.54, 1.807) is 45.0 Å². The van der Waals surface area contributed by atoms with Gasteiger partial charge in [0.05, 0.1) is 4.90 Å². The minimum atomic E-state index is -3.98. The molecule has 1 aliphatic heterocycles. The van der Waals surface area contributed by atoms with E-state index >= 15 is 0 Å². The van der Waals surface area contributed by atoms with Gasteiger partial charge in [-0.1, -0.05) is 44.5 Å². The predicted molar refractivity (Wildman–Crippen MR) is 115 cm³/mol. The van der Waals surface area contributed by atoms with Gasteiger partial charge in [-0.15, -0.1) is 0 Å². The van der Waals surface area contributed by atoms with E-state index in [0.717, 1.165) is 5.39 Å². The Kier molecular flexibility index (Phi) is 5.64. The Labute approximate surface area is 181 Å². The van der Waals surface area contributed by atoms with Crippen molar-refractivity contribution >= 4 is 44.3 Å². The third-order valence-corrected chi connectivity index (χ3v) is 7.71. The third-order valence-electron chi connectivity index (χ3n) is 6.00. The summed E-state index contributed by atoms with van der Waals surface area (Å²) in [7, 11) is -3.98. The molecule has 2 aromatic rings. The van der Waals surface area contributed by atoms with Crippen molar-refractivity contribution in [1.82, 2.24) is 9.62 Å². The summed E-state index contributed by atoms with van der Waals surface area (Å²) in [5, 5.41) is 11.9. The smallest absolute Gasteiger partial charge is 0.329 e. The molecule has 0 radical (unpaired) electrons. The van der Waals surface area contributed by atoms with E-state index in [0.29, 0.717) is 10.4 Å². The SMILES string of the molecule is CC(C)(C)[C@](C)(C(=O)O)N1CCC(NS(=O)(=O)c2ccc3cc(Cl)ccc3c2)C1=O. The summed E-state index contributed by atoms with van der Waals surface area (Å²) in [6, 6.07) is 8.73. The van der Waals surface area contributed by atoms with Crippen LogP contribution in [-0.4, -0.2) is 48.4 Å². The number of nitrogens with zero attached hydrogens (tertiary/aromatic N) is 1. The Balaban J connectivity index is 1.87. The number of fused-ring (bicyclic) bond motifs is 1. The lowest BCUT2D eigenvalue weighted by atomic mass is 9.73. The molecule has 1 unspecified atom stereocenters. The molecule has 9 heteroatoms. The summed E-state index contributed by atoms with van der Waals surface area (Å²) in [4.78, 5) is 26.3. The van der Waals surface area contributed by atoms with Crippen LogP contribution in [0.1, 0.15) is 34.1 Å². The van der Waals surface area contributed by atoms with Crippen molar-refractivity contribution in [3.8, 4) is 0 Å². The van der Waals surface area contributed by atoms with Crippen LogP contribution < -0.4 is 4.72 Å². The average Bonchev–Trinajstić information content (AvgIpc) is 2.99. The van der Waals surface area contributed by atoms with Gasteiger partial charge in [-0.3, -0.25) is 4.79 Å². The molecule has 0 bridgehead atoms. The first-order valence-corrected chi connectivity index (χ1v) is 11.4. The number of aliphatic carboxylic acids is 1. The third kappa shape index (κ3) is 3.79. The lowest BCUT2D eigenvalue weighted by molar-refractivity contribution is -0.164. The number of rotatable bonds is 5. The number of benzene rings is 2. The van der Waals surface area contributed by atoms with E-state index in [2.05, 4.69) is 4.72 Å². The fourth-order valence-electron chi connectivity index (χ4n) is 3.69. The molecule has 0 saturated carbocycles. The topological polar surface area (TPSA) is 104 Å². The van der Waals surface area contributed by atoms with E-state index < -0.39 is 38.9 Å². The number of carboxylic acid groups (broad SMARTS) is 1. The number of nitrogens with one attached hydrogen (secondary N) is 1. The highest BCUT2D eigenvalue weighted by molar-refractivity contribution is 7.89. The van der Waals surface area contributed by atoms with Crippen LogP contribution in [0.3, 0.4) is 0 Å². The van der Waals surface area contributed by atoms with Crippen LogP contribution >= 0.6 is 11.6 Å². The van der Waals surface area contributed by atoms with Gasteiger partial charge in [0, 0.05) is 11.6 Å². The quantitative estimate of drug-likeness (QED) is 0.724. The number of likely N-dealkylation sites (tertiary alicyclic amines) is 1. The van der Waals surface area contributed by atoms with Crippen molar-refractivity contribution < 1.29 is 23.1 Å². The van der Waals surface area contributed by atoms with Gasteiger partial charge in [0.1, 0.15) is 11.6 Å². The lowest BCUT2D eigenvalue weighted by Crippen LogP contribution is -2.62. The molecule has 1 aliphatic rings. The number of hydrogen-bond acceptors (Lipinski definition) is 4. The maximum atomic E-state index is 13.0. The van der Waals surface area contributed by atoms with Gasteiger partial charge in [0.15, 0.2) is 0 Å². The van der Waals surface area contributed by atoms with E-state index in [9.17, 15) is 23.1 Å². The van der Waals surface area contributed by atoms with Crippen LogP contribution in [0.15, 0.2) is 41.3 Å². The van der Waals surface area contributed by atoms with Crippen molar-refractivity contribution in [2.75, 3.05) is 6.54 Å². The minimum Gasteiger partial charge on any atom is -0.479 e. The fraction of sp³-hybridized carbons (Fsp3) is 0.429. The van der Waals surface area contributed by atoms with Crippen LogP contribution in [0.5, 0.6) is 0 Å². The van der Waals surface area contributed by atoms with Gasteiger partial charge in [-0.25, -0.2) is 13.2 Å². The van der Waals surface area contributed by atoms with Crippen LogP contribution in [-0.2, 0) is 19.6 Å². The lowest BCUT2D eigenvalue weighted by Gasteiger charge is -2.44. The molecule has 1 heterocycles. The summed E-state index contributed by atoms with van der Waals surface area (Å²) < 4.78 is 28.3. The van der Waals surface area contributed by atoms with E-state index in [4.69, 9.17) is 11.6 Å². The highest BCUT2D eigenvalue weighted by Gasteiger charge is 2.54. The molecule has 162 valence electrons. The standard InChI is InChI=1S/C21H25ClN2O5S/c1-20(2,3)21(4,19(26)27)24-10-9-17(18(24)25)23-30(28,29)16-8-6-13-11-15(22)7-5-14(13)12-16/h5-8,11-12,17,23H,9-10H2,1-4H3,(H,26,27)/t17?,21-/m0/s1. The van der Waals surface area contributed by atoms with Crippen molar-refractivity contribution in [2.24, 2.45) is 5.41 Å². The van der Waals surface area contributed by atoms with Crippen LogP contribution in [0.4, 0.5) is 0 Å². The number of carbonyl (C=O) groups is 2. The number of hydrogen-bond donors (Lipinski definition) is 2. The number of sulfonamides is 1. The molecule has 1 amide bonds. The molecule has 2 N–H and O–H groups in total. The zero-order valence-electron chi connectivity index (χ0n) is 17.3. The maximum Gasteiger partial charge on any atom is 0.329 e. The maximum absolute atomic E-state index is 13.0. The molecule has 7 nitrogen and oxygen atoms in total. The Morgan fingerprint density at radius 2 is 1.73 bits per heavy atom. The molecule has 0 aromatic heterocycles. The summed E-state index contributed by atoms with van der Waals surface area (Å²) in [6.45, 7) is 6.88. The second-order valence-corrected chi connectivity index (χ2v) is 10.9. The molecule has 1 fully saturated rings. The first-order valence-electron chi connectivity index (χ1n) is 9.54. The predicted octanol–water partition coefficient (Wildman–Crippen LogP) is 3.26. The number of carbonyl (C=O) groups excluding carboxylic acids is 1. The Morgan fingerprint density at radius 3 is 2.33 bits per heavy atom. The number of carboxylic acids is 1. The monoisotopic (exact) mass is 452 g/mol. The van der Waals surface area contributed by atoms with Gasteiger partial charge in [-0.05, 0) is 53.8 Å². The van der Waals surface area contributed by atoms with Crippen LogP contribution in [0.2, 0.25) is 5.02 Å². The second-order valence-electron chi connectivity index (χ2n) is 8.73. The molecular formula is C21H25ClN2O5S. The van der Waals surface area contributed by atoms with Gasteiger partial charge >= 0.3 is 5.97 Å². The molecule has 0 aliphatic carbocycles. The Morgan fingerprint density at radius 1 is 1.13 bits per heavy atom. The van der Waals surface area contributed by atoms with Gasteiger partial charge in [0.25, 0.3) is 0 Å². The number of amides is 1. The van der Waals surface area contributed by atoms with Gasteiger partial charge in [0.2, 0.25) is 15.9 Å². The minimum absolute atomic E-state index is 0.0281. The summed E-state index contributed by atoms with van der Waals surface area (Å²) >= 11 is 5.97. The van der Waals surface area contributed by atoms with Crippen molar-refractivity contribution in [3.05, 3.63) is 41.4 Å². The molecule has 0 spiro atoms. The molecule has 2 aromatic carbocycles. The van der Waals surface area contributed by atoms with Gasteiger partial charge < -0.3 is 10.0 Å². The van der Waals surface area contributed by atoms with Crippen molar-refractivity contribution in [3.63, 3.8) is 0 Å². The molecule has 30 heavy (non-hydrogen) atoms. The Hall–Kier alpha value is -2.16. The summed E-state index contributed by atoms with van der Waals surface area (Å²) in [5.41, 5.74) is -2.21. The summed E-state index contributed by atoms with van der Waals surface area (Å²) in [6.07, 6.45) is 0.195. The van der Waals surface area contributed by atoms with E-state index in [-0.39, 0.29) is 17.9 Å². The molecule has 3 rings (SSSR count). The molecule has 1 saturated heterocycles. The second kappa shape index (κ2) is 7.51. The average molecular weight is 453 g/mol. The highest BCUT2D eigenvalue weighted by Crippen LogP contribution is 2.38. The van der Waals surface area contributed by atoms with Crippen molar-refractivity contribution in [2.45, 2.75) is 50.6 Å². The summed E-state index contributed by atoms with van der Waals surface area (Å²) in [5.74, 6) is -1.66. The highest BCUT2D eigenvalue weighted by atomic mass is 35.5. The fourth-order valence-corrected chi connectivity index (χ4v) is 5.13. The van der Waals surface area contributed by atoms with E-state index in [1.165, 1.54) is 24.0 Å².